The van der Waals surface area contributed by atoms with Crippen molar-refractivity contribution in [3.05, 3.63) is 107 Å². The molecule has 1 heterocycles. The number of nitrogens with zero attached hydrogens (tertiary/aromatic N) is 1. The van der Waals surface area contributed by atoms with Crippen molar-refractivity contribution in [1.29, 1.82) is 0 Å². The smallest absolute Gasteiger partial charge is 0.461 e. The van der Waals surface area contributed by atoms with Crippen molar-refractivity contribution in [3.8, 4) is 5.75 Å². The number of hydrogen-bond donors (Lipinski definition) is 2. The van der Waals surface area contributed by atoms with E-state index in [0.717, 1.165) is 17.7 Å². The Labute approximate surface area is 250 Å². The molecular weight excluding hydrogens is 590 g/mol. The molecule has 1 aromatic heterocycles. The molecule has 1 saturated carbocycles. The number of carbonyl (C=O) groups excluding carboxylic acids is 2. The average molecular weight is 618 g/mol. The number of allylic oxidation sites excluding steroid dienone is 1. The first kappa shape index (κ1) is 30.3. The van der Waals surface area contributed by atoms with E-state index in [9.17, 15) is 27.2 Å². The van der Waals surface area contributed by atoms with Gasteiger partial charge in [0, 0.05) is 24.5 Å². The number of urea groups is 1. The zero-order chi connectivity index (χ0) is 30.8. The monoisotopic (exact) mass is 617 g/mol. The van der Waals surface area contributed by atoms with Gasteiger partial charge >= 0.3 is 24.5 Å². The number of nitrogens with one attached hydrogen (secondary N) is 2. The van der Waals surface area contributed by atoms with Crippen LogP contribution in [0.2, 0.25) is 5.02 Å². The summed E-state index contributed by atoms with van der Waals surface area (Å²) in [6, 6.07) is 16.1. The summed E-state index contributed by atoms with van der Waals surface area (Å²) in [5.41, 5.74) is -0.293. The van der Waals surface area contributed by atoms with Crippen LogP contribution in [0.3, 0.4) is 0 Å². The lowest BCUT2D eigenvalue weighted by Gasteiger charge is -2.53. The summed E-state index contributed by atoms with van der Waals surface area (Å²) in [6.07, 6.45) is -3.56. The lowest BCUT2D eigenvalue weighted by molar-refractivity contribution is -0.253. The van der Waals surface area contributed by atoms with Gasteiger partial charge in [0.25, 0.3) is 0 Å². The van der Waals surface area contributed by atoms with Crippen LogP contribution >= 0.6 is 11.6 Å². The Bertz CT molecular complexity index is 1490. The van der Waals surface area contributed by atoms with Gasteiger partial charge in [0.15, 0.2) is 0 Å². The Morgan fingerprint density at radius 1 is 1.02 bits per heavy atom. The van der Waals surface area contributed by atoms with Gasteiger partial charge in [-0.2, -0.15) is 17.6 Å². The van der Waals surface area contributed by atoms with Gasteiger partial charge in [-0.1, -0.05) is 66.2 Å². The van der Waals surface area contributed by atoms with Crippen LogP contribution in [0, 0.1) is 17.8 Å². The highest BCUT2D eigenvalue weighted by molar-refractivity contribution is 6.30. The maximum absolute atomic E-state index is 13.9. The van der Waals surface area contributed by atoms with Crippen molar-refractivity contribution in [2.75, 3.05) is 6.61 Å². The van der Waals surface area contributed by atoms with Crippen molar-refractivity contribution in [1.82, 2.24) is 15.6 Å². The fourth-order valence-corrected chi connectivity index (χ4v) is 5.72. The minimum absolute atomic E-state index is 0.0401. The van der Waals surface area contributed by atoms with E-state index >= 15 is 0 Å². The number of aromatic nitrogens is 1. The van der Waals surface area contributed by atoms with Crippen LogP contribution in [0.5, 0.6) is 5.75 Å². The number of amides is 2. The Balaban J connectivity index is 1.55. The molecule has 0 saturated heterocycles. The van der Waals surface area contributed by atoms with E-state index in [-0.39, 0.29) is 36.1 Å². The van der Waals surface area contributed by atoms with E-state index in [4.69, 9.17) is 16.3 Å². The molecule has 2 aliphatic rings. The first-order valence-corrected chi connectivity index (χ1v) is 14.0. The standard InChI is InChI=1S/C31H28ClF4N3O4/c1-2-42-27(40)25-22-12-13-23(22)26(25)38-29(41)39-30(16-18-7-4-3-5-8-18,24-14-11-20(32)17-37-24)19-9-6-10-21(15-19)43-31(35,36)28(33)34/h3-15,17,22-23,25-26,28H,2,16H2,1H3,(H2,38,39,41)/t22?,23-,25-,26+,30-/m0/s1. The Morgan fingerprint density at radius 2 is 1.77 bits per heavy atom. The number of ether oxygens (including phenoxy) is 2. The van der Waals surface area contributed by atoms with Gasteiger partial charge in [-0.15, -0.1) is 0 Å². The number of alkyl halides is 4. The fourth-order valence-electron chi connectivity index (χ4n) is 5.61. The molecule has 5 rings (SSSR count). The third-order valence-corrected chi connectivity index (χ3v) is 7.93. The van der Waals surface area contributed by atoms with E-state index in [1.165, 1.54) is 12.3 Å². The van der Waals surface area contributed by atoms with Gasteiger partial charge in [0.1, 0.15) is 11.3 Å². The summed E-state index contributed by atoms with van der Waals surface area (Å²) in [6.45, 7) is 1.90. The number of esters is 1. The quantitative estimate of drug-likeness (QED) is 0.154. The molecule has 2 aliphatic carbocycles. The van der Waals surface area contributed by atoms with Crippen molar-refractivity contribution >= 4 is 23.6 Å². The summed E-state index contributed by atoms with van der Waals surface area (Å²) >= 11 is 6.12. The van der Waals surface area contributed by atoms with Crippen LogP contribution in [-0.4, -0.2) is 42.2 Å². The highest BCUT2D eigenvalue weighted by atomic mass is 35.5. The zero-order valence-corrected chi connectivity index (χ0v) is 23.6. The second-order valence-corrected chi connectivity index (χ2v) is 10.8. The minimum atomic E-state index is -4.75. The molecule has 2 amide bonds. The first-order chi connectivity index (χ1) is 20.5. The van der Waals surface area contributed by atoms with E-state index in [0.29, 0.717) is 5.02 Å². The molecule has 1 unspecified atom stereocenters. The molecule has 12 heteroatoms. The normalized spacial score (nSPS) is 21.9. The van der Waals surface area contributed by atoms with Crippen LogP contribution in [-0.2, 0) is 21.5 Å². The Hall–Kier alpha value is -4.12. The van der Waals surface area contributed by atoms with E-state index in [1.54, 1.807) is 43.3 Å². The zero-order valence-electron chi connectivity index (χ0n) is 22.9. The molecule has 2 N–H and O–H groups in total. The number of carbonyl (C=O) groups is 2. The Kier molecular flexibility index (Phi) is 8.64. The summed E-state index contributed by atoms with van der Waals surface area (Å²) < 4.78 is 63.3. The molecular formula is C31H28ClF4N3O4. The fraction of sp³-hybridized carbons (Fsp3) is 0.323. The predicted octanol–water partition coefficient (Wildman–Crippen LogP) is 6.12. The van der Waals surface area contributed by atoms with Crippen LogP contribution in [0.1, 0.15) is 23.7 Å². The highest BCUT2D eigenvalue weighted by Gasteiger charge is 2.57. The lowest BCUT2D eigenvalue weighted by Crippen LogP contribution is -2.66. The van der Waals surface area contributed by atoms with Crippen LogP contribution in [0.25, 0.3) is 0 Å². The number of benzene rings is 2. The van der Waals surface area contributed by atoms with Crippen LogP contribution < -0.4 is 15.4 Å². The molecule has 7 nitrogen and oxygen atoms in total. The molecule has 2 aromatic carbocycles. The third kappa shape index (κ3) is 6.17. The molecule has 0 bridgehead atoms. The summed E-state index contributed by atoms with van der Waals surface area (Å²) in [7, 11) is 0. The van der Waals surface area contributed by atoms with Crippen molar-refractivity contribution in [2.24, 2.45) is 17.8 Å². The molecule has 0 radical (unpaired) electrons. The molecule has 3 aromatic rings. The van der Waals surface area contributed by atoms with E-state index < -0.39 is 47.8 Å². The third-order valence-electron chi connectivity index (χ3n) is 7.71. The van der Waals surface area contributed by atoms with Gasteiger partial charge < -0.3 is 20.1 Å². The maximum Gasteiger partial charge on any atom is 0.461 e. The average Bonchev–Trinajstić information content (AvgIpc) is 2.95. The Morgan fingerprint density at radius 3 is 2.40 bits per heavy atom. The number of halogens is 5. The number of fused-ring (bicyclic) bond motifs is 1. The molecule has 0 aliphatic heterocycles. The lowest BCUT2D eigenvalue weighted by atomic mass is 9.55. The van der Waals surface area contributed by atoms with Gasteiger partial charge in [-0.3, -0.25) is 9.78 Å². The number of hydrogen-bond acceptors (Lipinski definition) is 5. The minimum Gasteiger partial charge on any atom is -0.466 e. The summed E-state index contributed by atoms with van der Waals surface area (Å²) in [4.78, 5) is 30.9. The van der Waals surface area contributed by atoms with Crippen molar-refractivity contribution in [2.45, 2.75) is 37.5 Å². The molecule has 0 spiro atoms. The molecule has 5 atom stereocenters. The van der Waals surface area contributed by atoms with Crippen molar-refractivity contribution in [3.63, 3.8) is 0 Å². The second-order valence-electron chi connectivity index (χ2n) is 10.4. The van der Waals surface area contributed by atoms with Gasteiger partial charge in [-0.05, 0) is 42.3 Å². The number of rotatable bonds is 11. The van der Waals surface area contributed by atoms with E-state index in [1.807, 2.05) is 24.3 Å². The van der Waals surface area contributed by atoms with Crippen molar-refractivity contribution < 1.29 is 36.6 Å². The summed E-state index contributed by atoms with van der Waals surface area (Å²) in [5, 5.41) is 6.17. The molecule has 1 fully saturated rings. The second kappa shape index (κ2) is 12.2. The summed E-state index contributed by atoms with van der Waals surface area (Å²) in [5.74, 6) is -1.61. The van der Waals surface area contributed by atoms with E-state index in [2.05, 4.69) is 20.4 Å². The molecule has 226 valence electrons. The maximum atomic E-state index is 13.9. The van der Waals surface area contributed by atoms with Gasteiger partial charge in [0.2, 0.25) is 0 Å². The van der Waals surface area contributed by atoms with Crippen LogP contribution in [0.4, 0.5) is 22.4 Å². The van der Waals surface area contributed by atoms with Gasteiger partial charge in [0.05, 0.1) is 29.3 Å². The predicted molar refractivity (Wildman–Crippen MR) is 150 cm³/mol. The van der Waals surface area contributed by atoms with Crippen LogP contribution in [0.15, 0.2) is 85.1 Å². The largest absolute Gasteiger partial charge is 0.466 e. The highest BCUT2D eigenvalue weighted by Crippen LogP contribution is 2.49. The van der Waals surface area contributed by atoms with Gasteiger partial charge in [-0.25, -0.2) is 4.79 Å². The number of pyridine rings is 1. The molecule has 43 heavy (non-hydrogen) atoms. The SMILES string of the molecule is CCOC(=O)[C@H]1C2C=C[C@@H]2[C@H]1NC(=O)N[C@@](Cc1ccccc1)(c1cccc(OC(F)(F)C(F)F)c1)c1ccc(Cl)cn1. The topological polar surface area (TPSA) is 89.5 Å². The first-order valence-electron chi connectivity index (χ1n) is 13.6.